The summed E-state index contributed by atoms with van der Waals surface area (Å²) in [5.74, 6) is -0.546. The second-order valence-corrected chi connectivity index (χ2v) is 8.71. The second-order valence-electron chi connectivity index (χ2n) is 7.91. The zero-order valence-corrected chi connectivity index (χ0v) is 19.9. The van der Waals surface area contributed by atoms with Crippen molar-refractivity contribution in [1.29, 1.82) is 0 Å². The average Bonchev–Trinajstić information content (AvgIpc) is 3.20. The Morgan fingerprint density at radius 1 is 1.03 bits per heavy atom. The molecule has 1 aliphatic heterocycles. The van der Waals surface area contributed by atoms with Gasteiger partial charge in [0, 0.05) is 46.4 Å². The quantitative estimate of drug-likeness (QED) is 0.406. The van der Waals surface area contributed by atoms with Crippen LogP contribution in [0.1, 0.15) is 5.56 Å². The van der Waals surface area contributed by atoms with Crippen LogP contribution in [0.15, 0.2) is 93.2 Å². The molecule has 10 heteroatoms. The highest BCUT2D eigenvalue weighted by Gasteiger charge is 2.22. The zero-order valence-electron chi connectivity index (χ0n) is 18.3. The van der Waals surface area contributed by atoms with Crippen LogP contribution in [0.2, 0.25) is 0 Å². The molecular weight excluding hydrogens is 512 g/mol. The van der Waals surface area contributed by atoms with Gasteiger partial charge >= 0.3 is 5.97 Å². The molecule has 0 unspecified atom stereocenters. The largest absolute Gasteiger partial charge is 0.480 e. The number of nitrogens with zero attached hydrogens (tertiary/aromatic N) is 5. The molecule has 1 aliphatic rings. The molecule has 0 aliphatic carbocycles. The fraction of sp³-hybridized carbons (Fsp3) is 0.0800. The number of allylic oxidation sites excluding steroid dienone is 2. The number of carbonyl (C=O) groups is 1. The van der Waals surface area contributed by atoms with E-state index in [4.69, 9.17) is 15.8 Å². The minimum Gasteiger partial charge on any atom is -0.480 e. The van der Waals surface area contributed by atoms with Crippen LogP contribution in [-0.4, -0.2) is 36.1 Å². The van der Waals surface area contributed by atoms with Gasteiger partial charge in [-0.15, -0.1) is 0 Å². The normalized spacial score (nSPS) is 13.2. The molecule has 0 amide bonds. The van der Waals surface area contributed by atoms with Crippen LogP contribution >= 0.6 is 15.9 Å². The van der Waals surface area contributed by atoms with Crippen LogP contribution in [0.4, 0.5) is 5.82 Å². The standard InChI is InChI=1S/C25H19BrN6O3/c26-23-19(27)13-32-25(30-24(23)17-7-9-21(33)31(12-17)14-22(34)35)18(11-29-32)16-6-8-20(28-10-16)15-4-2-1-3-5-15/h1-12H,13-14,27H2,(H,34,35). The van der Waals surface area contributed by atoms with Crippen molar-refractivity contribution in [3.8, 4) is 22.4 Å². The molecule has 0 fully saturated rings. The third-order valence-electron chi connectivity index (χ3n) is 5.55. The van der Waals surface area contributed by atoms with E-state index < -0.39 is 18.1 Å². The van der Waals surface area contributed by atoms with Gasteiger partial charge in [-0.25, -0.2) is 9.67 Å². The number of rotatable bonds is 5. The zero-order chi connectivity index (χ0) is 24.5. The molecule has 1 aromatic carbocycles. The fourth-order valence-electron chi connectivity index (χ4n) is 3.82. The van der Waals surface area contributed by atoms with E-state index >= 15 is 0 Å². The summed E-state index contributed by atoms with van der Waals surface area (Å²) in [6, 6.07) is 16.7. The summed E-state index contributed by atoms with van der Waals surface area (Å²) in [7, 11) is 0. The van der Waals surface area contributed by atoms with Gasteiger partial charge < -0.3 is 15.4 Å². The van der Waals surface area contributed by atoms with Crippen LogP contribution in [0.25, 0.3) is 22.4 Å². The van der Waals surface area contributed by atoms with Gasteiger partial charge in [0.2, 0.25) is 0 Å². The number of benzene rings is 1. The van der Waals surface area contributed by atoms with Gasteiger partial charge in [0.1, 0.15) is 6.54 Å². The van der Waals surface area contributed by atoms with Gasteiger partial charge in [-0.05, 0) is 28.1 Å². The molecule has 0 atom stereocenters. The maximum atomic E-state index is 12.1. The molecule has 9 nitrogen and oxygen atoms in total. The van der Waals surface area contributed by atoms with Crippen molar-refractivity contribution < 1.29 is 9.90 Å². The first-order valence-corrected chi connectivity index (χ1v) is 11.4. The molecule has 5 rings (SSSR count). The van der Waals surface area contributed by atoms with Crippen LogP contribution in [0, 0.1) is 0 Å². The molecule has 0 saturated carbocycles. The first-order valence-electron chi connectivity index (χ1n) is 10.6. The molecule has 0 radical (unpaired) electrons. The maximum absolute atomic E-state index is 12.1. The molecule has 0 bridgehead atoms. The average molecular weight is 531 g/mol. The van der Waals surface area contributed by atoms with Crippen LogP contribution < -0.4 is 11.3 Å². The number of halogens is 1. The first kappa shape index (κ1) is 22.5. The highest BCUT2D eigenvalue weighted by Crippen LogP contribution is 2.35. The number of aromatic nitrogens is 4. The Balaban J connectivity index is 1.59. The van der Waals surface area contributed by atoms with E-state index in [1.54, 1.807) is 23.1 Å². The lowest BCUT2D eigenvalue weighted by Crippen LogP contribution is -2.24. The summed E-state index contributed by atoms with van der Waals surface area (Å²) in [5.41, 5.74) is 10.9. The second kappa shape index (κ2) is 9.15. The molecule has 3 aromatic heterocycles. The van der Waals surface area contributed by atoms with Gasteiger partial charge in [-0.1, -0.05) is 36.4 Å². The molecule has 0 saturated heterocycles. The predicted octanol–water partition coefficient (Wildman–Crippen LogP) is 3.56. The number of pyridine rings is 2. The predicted molar refractivity (Wildman–Crippen MR) is 136 cm³/mol. The van der Waals surface area contributed by atoms with Gasteiger partial charge in [0.15, 0.2) is 5.82 Å². The number of carboxylic acids is 1. The number of aliphatic imine (C=N–C) groups is 1. The summed E-state index contributed by atoms with van der Waals surface area (Å²) in [6.07, 6.45) is 4.96. The monoisotopic (exact) mass is 530 g/mol. The van der Waals surface area contributed by atoms with E-state index in [1.807, 2.05) is 42.5 Å². The summed E-state index contributed by atoms with van der Waals surface area (Å²) in [4.78, 5) is 32.8. The summed E-state index contributed by atoms with van der Waals surface area (Å²) in [5, 5.41) is 13.6. The lowest BCUT2D eigenvalue weighted by Gasteiger charge is -2.09. The van der Waals surface area contributed by atoms with Crippen molar-refractivity contribution in [2.75, 3.05) is 0 Å². The lowest BCUT2D eigenvalue weighted by molar-refractivity contribution is -0.137. The van der Waals surface area contributed by atoms with Crippen molar-refractivity contribution in [1.82, 2.24) is 19.3 Å². The highest BCUT2D eigenvalue weighted by atomic mass is 79.9. The Kier molecular flexibility index (Phi) is 5.87. The summed E-state index contributed by atoms with van der Waals surface area (Å²) >= 11 is 3.53. The van der Waals surface area contributed by atoms with E-state index in [9.17, 15) is 9.59 Å². The molecule has 174 valence electrons. The number of hydrogen-bond donors (Lipinski definition) is 2. The van der Waals surface area contributed by atoms with E-state index in [1.165, 1.54) is 12.3 Å². The highest BCUT2D eigenvalue weighted by molar-refractivity contribution is 9.12. The molecule has 4 aromatic rings. The number of carboxylic acid groups (broad SMARTS) is 1. The number of fused-ring (bicyclic) bond motifs is 1. The Bertz CT molecular complexity index is 1550. The van der Waals surface area contributed by atoms with E-state index in [2.05, 4.69) is 26.0 Å². The Hall–Kier alpha value is -4.31. The Labute approximate surface area is 208 Å². The topological polar surface area (TPSA) is 128 Å². The van der Waals surface area contributed by atoms with Crippen molar-refractivity contribution in [2.45, 2.75) is 13.1 Å². The molecule has 35 heavy (non-hydrogen) atoms. The maximum Gasteiger partial charge on any atom is 0.323 e. The van der Waals surface area contributed by atoms with Crippen LogP contribution in [0.3, 0.4) is 0 Å². The van der Waals surface area contributed by atoms with E-state index in [0.29, 0.717) is 33.8 Å². The van der Waals surface area contributed by atoms with Crippen molar-refractivity contribution in [2.24, 2.45) is 10.7 Å². The van der Waals surface area contributed by atoms with Gasteiger partial charge in [-0.2, -0.15) is 5.10 Å². The smallest absolute Gasteiger partial charge is 0.323 e. The molecule has 0 spiro atoms. The third kappa shape index (κ3) is 4.43. The van der Waals surface area contributed by atoms with E-state index in [0.717, 1.165) is 27.0 Å². The molecule has 3 N–H and O–H groups in total. The number of hydrogen-bond acceptors (Lipinski definition) is 6. The van der Waals surface area contributed by atoms with Crippen LogP contribution in [-0.2, 0) is 17.9 Å². The van der Waals surface area contributed by atoms with Gasteiger partial charge in [0.25, 0.3) is 5.56 Å². The van der Waals surface area contributed by atoms with Crippen molar-refractivity contribution in [3.05, 3.63) is 99.3 Å². The number of nitrogens with two attached hydrogens (primary N) is 1. The molecular formula is C25H19BrN6O3. The van der Waals surface area contributed by atoms with Crippen molar-refractivity contribution >= 4 is 33.4 Å². The van der Waals surface area contributed by atoms with Gasteiger partial charge in [0.05, 0.1) is 28.6 Å². The third-order valence-corrected chi connectivity index (χ3v) is 6.43. The van der Waals surface area contributed by atoms with Gasteiger partial charge in [-0.3, -0.25) is 14.6 Å². The van der Waals surface area contributed by atoms with E-state index in [-0.39, 0.29) is 0 Å². The lowest BCUT2D eigenvalue weighted by atomic mass is 10.1. The minimum absolute atomic E-state index is 0.299. The molecule has 4 heterocycles. The SMILES string of the molecule is NC1=C(Br)C(c2ccc(=O)n(CC(=O)O)c2)=Nc2c(-c3ccc(-c4ccccc4)nc3)cnn2C1. The summed E-state index contributed by atoms with van der Waals surface area (Å²) in [6.45, 7) is -0.160. The fourth-order valence-corrected chi connectivity index (χ4v) is 4.26. The van der Waals surface area contributed by atoms with Crippen molar-refractivity contribution in [3.63, 3.8) is 0 Å². The first-order chi connectivity index (χ1) is 16.9. The Morgan fingerprint density at radius 2 is 1.80 bits per heavy atom. The summed E-state index contributed by atoms with van der Waals surface area (Å²) < 4.78 is 3.36. The van der Waals surface area contributed by atoms with Crippen LogP contribution in [0.5, 0.6) is 0 Å². The minimum atomic E-state index is -1.12. The number of aliphatic carboxylic acids is 1. The Morgan fingerprint density at radius 3 is 2.51 bits per heavy atom.